The quantitative estimate of drug-likeness (QED) is 0.328. The summed E-state index contributed by atoms with van der Waals surface area (Å²) in [6, 6.07) is 7.48. The van der Waals surface area contributed by atoms with Crippen molar-refractivity contribution in [1.29, 1.82) is 0 Å². The zero-order valence-corrected chi connectivity index (χ0v) is 7.28. The van der Waals surface area contributed by atoms with Crippen LogP contribution in [0.1, 0.15) is 23.1 Å². The molecule has 1 aromatic carbocycles. The molecule has 0 fully saturated rings. The maximum Gasteiger partial charge on any atom is 1.00 e. The van der Waals surface area contributed by atoms with Crippen LogP contribution in [-0.4, -0.2) is 0 Å². The standard InChI is InChI=1S/C10H11.Li/c1-8-4-2-5-9-6-3-7-10(8)9;/h2,5H,3,6-7H2,1H3;/q-1;+1. The molecule has 0 aliphatic heterocycles. The van der Waals surface area contributed by atoms with Gasteiger partial charge in [-0.05, 0) is 0 Å². The molecule has 0 bridgehead atoms. The summed E-state index contributed by atoms with van der Waals surface area (Å²) >= 11 is 0. The number of benzene rings is 1. The van der Waals surface area contributed by atoms with E-state index >= 15 is 0 Å². The van der Waals surface area contributed by atoms with E-state index in [1.165, 1.54) is 24.8 Å². The third-order valence-electron chi connectivity index (χ3n) is 2.30. The largest absolute Gasteiger partial charge is 1.00 e. The summed E-state index contributed by atoms with van der Waals surface area (Å²) in [6.45, 7) is 2.16. The molecule has 1 aromatic rings. The first-order chi connectivity index (χ1) is 4.88. The van der Waals surface area contributed by atoms with Crippen LogP contribution in [-0.2, 0) is 12.8 Å². The monoisotopic (exact) mass is 138 g/mol. The zero-order valence-electron chi connectivity index (χ0n) is 7.28. The molecular weight excluding hydrogens is 127 g/mol. The molecular formula is C10H11Li. The van der Waals surface area contributed by atoms with Crippen LogP contribution in [0.15, 0.2) is 12.1 Å². The van der Waals surface area contributed by atoms with E-state index in [0.717, 1.165) is 0 Å². The number of hydrogen-bond acceptors (Lipinski definition) is 0. The predicted molar refractivity (Wildman–Crippen MR) is 42.0 cm³/mol. The summed E-state index contributed by atoms with van der Waals surface area (Å²) in [7, 11) is 0. The van der Waals surface area contributed by atoms with Crippen LogP contribution >= 0.6 is 0 Å². The number of hydrogen-bond donors (Lipinski definition) is 0. The Morgan fingerprint density at radius 1 is 1.36 bits per heavy atom. The van der Waals surface area contributed by atoms with Crippen LogP contribution in [0.4, 0.5) is 0 Å². The normalized spacial score (nSPS) is 13.9. The van der Waals surface area contributed by atoms with Gasteiger partial charge < -0.3 is 0 Å². The first-order valence-corrected chi connectivity index (χ1v) is 3.87. The molecule has 1 heteroatoms. The molecule has 0 saturated carbocycles. The average Bonchev–Trinajstić information content (AvgIpc) is 2.36. The van der Waals surface area contributed by atoms with Gasteiger partial charge in [0.2, 0.25) is 0 Å². The van der Waals surface area contributed by atoms with Crippen LogP contribution in [0, 0.1) is 13.0 Å². The van der Waals surface area contributed by atoms with E-state index in [1.54, 1.807) is 11.1 Å². The fourth-order valence-electron chi connectivity index (χ4n) is 1.73. The van der Waals surface area contributed by atoms with Crippen LogP contribution in [0.2, 0.25) is 0 Å². The van der Waals surface area contributed by atoms with Crippen LogP contribution < -0.4 is 18.9 Å². The van der Waals surface area contributed by atoms with Gasteiger partial charge in [-0.15, -0.1) is 5.56 Å². The van der Waals surface area contributed by atoms with Gasteiger partial charge in [-0.2, -0.15) is 29.3 Å². The first-order valence-electron chi connectivity index (χ1n) is 3.87. The maximum atomic E-state index is 3.23. The van der Waals surface area contributed by atoms with E-state index in [1.807, 2.05) is 6.07 Å². The van der Waals surface area contributed by atoms with Crippen molar-refractivity contribution in [2.75, 3.05) is 0 Å². The topological polar surface area (TPSA) is 0 Å². The molecule has 0 heterocycles. The van der Waals surface area contributed by atoms with Crippen molar-refractivity contribution in [3.05, 3.63) is 34.9 Å². The third-order valence-corrected chi connectivity index (χ3v) is 2.30. The zero-order chi connectivity index (χ0) is 6.97. The molecule has 11 heavy (non-hydrogen) atoms. The maximum absolute atomic E-state index is 3.23. The van der Waals surface area contributed by atoms with E-state index < -0.39 is 0 Å². The minimum atomic E-state index is 0. The second-order valence-corrected chi connectivity index (χ2v) is 2.96. The molecule has 0 nitrogen and oxygen atoms in total. The van der Waals surface area contributed by atoms with Crippen molar-refractivity contribution in [2.24, 2.45) is 0 Å². The minimum Gasteiger partial charge on any atom is -0.180 e. The Morgan fingerprint density at radius 2 is 2.18 bits per heavy atom. The van der Waals surface area contributed by atoms with Gasteiger partial charge in [-0.3, -0.25) is 0 Å². The minimum absolute atomic E-state index is 0. The van der Waals surface area contributed by atoms with Gasteiger partial charge in [-0.1, -0.05) is 26.2 Å². The summed E-state index contributed by atoms with van der Waals surface area (Å²) in [5.74, 6) is 0. The molecule has 0 spiro atoms. The Labute approximate surface area is 80.2 Å². The molecule has 52 valence electrons. The van der Waals surface area contributed by atoms with Crippen LogP contribution in [0.5, 0.6) is 0 Å². The van der Waals surface area contributed by atoms with E-state index in [4.69, 9.17) is 0 Å². The van der Waals surface area contributed by atoms with Crippen LogP contribution in [0.25, 0.3) is 0 Å². The molecule has 0 amide bonds. The number of aryl methyl sites for hydroxylation is 2. The molecule has 0 atom stereocenters. The van der Waals surface area contributed by atoms with Crippen molar-refractivity contribution in [2.45, 2.75) is 26.2 Å². The number of rotatable bonds is 0. The van der Waals surface area contributed by atoms with Crippen molar-refractivity contribution in [3.63, 3.8) is 0 Å². The van der Waals surface area contributed by atoms with Crippen molar-refractivity contribution < 1.29 is 18.9 Å². The Morgan fingerprint density at radius 3 is 2.91 bits per heavy atom. The second-order valence-electron chi connectivity index (χ2n) is 2.96. The predicted octanol–water partition coefficient (Wildman–Crippen LogP) is -0.712. The van der Waals surface area contributed by atoms with Crippen molar-refractivity contribution in [1.82, 2.24) is 0 Å². The van der Waals surface area contributed by atoms with Crippen LogP contribution in [0.3, 0.4) is 0 Å². The SMILES string of the molecule is Cc1[c-]ccc2c1CCC2.[Li+]. The Hall–Kier alpha value is -0.183. The Bertz CT molecular complexity index is 253. The van der Waals surface area contributed by atoms with Crippen molar-refractivity contribution >= 4 is 0 Å². The molecule has 0 unspecified atom stereocenters. The van der Waals surface area contributed by atoms with Gasteiger partial charge in [0.25, 0.3) is 0 Å². The third kappa shape index (κ3) is 1.53. The number of fused-ring (bicyclic) bond motifs is 1. The summed E-state index contributed by atoms with van der Waals surface area (Å²) in [5, 5.41) is 0. The Balaban J connectivity index is 0.000000605. The fraction of sp³-hybridized carbons (Fsp3) is 0.400. The van der Waals surface area contributed by atoms with Gasteiger partial charge in [0, 0.05) is 0 Å². The van der Waals surface area contributed by atoms with E-state index in [9.17, 15) is 0 Å². The summed E-state index contributed by atoms with van der Waals surface area (Å²) in [5.41, 5.74) is 4.47. The van der Waals surface area contributed by atoms with E-state index in [2.05, 4.69) is 19.1 Å². The molecule has 0 radical (unpaired) electrons. The molecule has 1 aliphatic rings. The summed E-state index contributed by atoms with van der Waals surface area (Å²) < 4.78 is 0. The first kappa shape index (κ1) is 8.91. The smallest absolute Gasteiger partial charge is 0.180 e. The van der Waals surface area contributed by atoms with Gasteiger partial charge in [0.1, 0.15) is 0 Å². The van der Waals surface area contributed by atoms with E-state index in [0.29, 0.717) is 0 Å². The molecule has 0 N–H and O–H groups in total. The van der Waals surface area contributed by atoms with Gasteiger partial charge in [0.05, 0.1) is 0 Å². The van der Waals surface area contributed by atoms with Gasteiger partial charge in [-0.25, -0.2) is 0 Å². The molecule has 2 rings (SSSR count). The summed E-state index contributed by atoms with van der Waals surface area (Å²) in [6.07, 6.45) is 3.90. The molecule has 1 aliphatic carbocycles. The molecule has 0 aromatic heterocycles. The Kier molecular flexibility index (Phi) is 2.82. The van der Waals surface area contributed by atoms with Gasteiger partial charge in [0.15, 0.2) is 0 Å². The van der Waals surface area contributed by atoms with E-state index in [-0.39, 0.29) is 18.9 Å². The average molecular weight is 138 g/mol. The summed E-state index contributed by atoms with van der Waals surface area (Å²) in [4.78, 5) is 0. The molecule has 0 saturated heterocycles. The fourth-order valence-corrected chi connectivity index (χ4v) is 1.73. The second kappa shape index (κ2) is 3.48. The van der Waals surface area contributed by atoms with Crippen molar-refractivity contribution in [3.8, 4) is 0 Å². The van der Waals surface area contributed by atoms with Gasteiger partial charge >= 0.3 is 18.9 Å².